The lowest BCUT2D eigenvalue weighted by Gasteiger charge is -2.69. The summed E-state index contributed by atoms with van der Waals surface area (Å²) >= 11 is 1.41. The molecule has 5 fully saturated rings. The first-order valence-corrected chi connectivity index (χ1v) is 22.6. The number of carbonyl (C=O) groups is 4. The topological polar surface area (TPSA) is 108 Å². The van der Waals surface area contributed by atoms with E-state index in [1.807, 2.05) is 31.3 Å². The molecule has 9 heteroatoms. The first-order valence-electron chi connectivity index (χ1n) is 21.7. The van der Waals surface area contributed by atoms with Crippen LogP contribution in [-0.4, -0.2) is 77.1 Å². The summed E-state index contributed by atoms with van der Waals surface area (Å²) in [5.74, 6) is 2.05. The van der Waals surface area contributed by atoms with Crippen molar-refractivity contribution < 1.29 is 24.3 Å². The van der Waals surface area contributed by atoms with Gasteiger partial charge in [-0.1, -0.05) is 54.0 Å². The van der Waals surface area contributed by atoms with Crippen molar-refractivity contribution in [2.45, 2.75) is 126 Å². The summed E-state index contributed by atoms with van der Waals surface area (Å²) in [6.45, 7) is 18.6. The van der Waals surface area contributed by atoms with Crippen LogP contribution in [0.15, 0.2) is 22.7 Å². The quantitative estimate of drug-likeness (QED) is 0.226. The fourth-order valence-corrected chi connectivity index (χ4v) is 15.2. The number of Topliss-reactive ketones (excluding diaryl/α,β-unsaturated/α-hetero) is 2. The highest BCUT2D eigenvalue weighted by Gasteiger charge is 2.66. The third-order valence-corrected chi connectivity index (χ3v) is 18.3. The van der Waals surface area contributed by atoms with Crippen LogP contribution in [0, 0.1) is 74.9 Å². The normalized spacial score (nSPS) is 39.2. The van der Waals surface area contributed by atoms with E-state index in [0.29, 0.717) is 78.5 Å². The SMILES string of the molecule is CC(C)C1=C2C3CCC4C(C)(CCC5C(C)(C)C(CC(=O)C6CC(C(=O)O)C6C)CCC54C)C3CCC2(CCN(CCN(C)C)C(=O)c2nccs2)CC1=O. The fourth-order valence-electron chi connectivity index (χ4n) is 14.6. The molecule has 55 heavy (non-hydrogen) atoms. The van der Waals surface area contributed by atoms with Crippen molar-refractivity contribution in [3.05, 3.63) is 27.7 Å². The second-order valence-electron chi connectivity index (χ2n) is 20.9. The lowest BCUT2D eigenvalue weighted by atomic mass is 9.35. The van der Waals surface area contributed by atoms with E-state index in [1.165, 1.54) is 36.2 Å². The molecule has 304 valence electrons. The summed E-state index contributed by atoms with van der Waals surface area (Å²) in [5.41, 5.74) is 2.88. The minimum Gasteiger partial charge on any atom is -0.481 e. The molecule has 8 nitrogen and oxygen atoms in total. The standard InChI is InChI=1S/C46H69N3O5S/c1-27(2)38-35(51)26-46(18-20-49(22-21-48(8)9)41(52)40-47-19-23-55-40)17-13-33-30(39(38)46)10-11-37-44(33,6)16-14-36-43(4,5)29(12-15-45(36,37)7)24-34(50)31-25-32(28(31)3)42(53)54/h19,23,27-33,36-37H,10-18,20-22,24-26H2,1-9H3,(H,53,54). The van der Waals surface area contributed by atoms with Crippen LogP contribution in [0.25, 0.3) is 0 Å². The number of allylic oxidation sites excluding steroid dienone is 2. The number of hydrogen-bond donors (Lipinski definition) is 1. The van der Waals surface area contributed by atoms with Crippen LogP contribution in [0.3, 0.4) is 0 Å². The number of hydrogen-bond acceptors (Lipinski definition) is 7. The number of aliphatic carboxylic acids is 1. The van der Waals surface area contributed by atoms with E-state index in [1.54, 1.807) is 6.20 Å². The van der Waals surface area contributed by atoms with Crippen molar-refractivity contribution in [3.63, 3.8) is 0 Å². The molecule has 11 unspecified atom stereocenters. The van der Waals surface area contributed by atoms with Gasteiger partial charge >= 0.3 is 5.97 Å². The zero-order valence-electron chi connectivity index (χ0n) is 35.3. The number of likely N-dealkylation sites (N-methyl/N-ethyl adjacent to an activating group) is 1. The van der Waals surface area contributed by atoms with Crippen LogP contribution < -0.4 is 0 Å². The summed E-state index contributed by atoms with van der Waals surface area (Å²) in [6, 6.07) is 0. The van der Waals surface area contributed by atoms with Gasteiger partial charge in [-0.15, -0.1) is 11.3 Å². The van der Waals surface area contributed by atoms with Gasteiger partial charge in [-0.25, -0.2) is 4.98 Å². The van der Waals surface area contributed by atoms with Crippen molar-refractivity contribution in [3.8, 4) is 0 Å². The Labute approximate surface area is 334 Å². The highest BCUT2D eigenvalue weighted by Crippen LogP contribution is 2.74. The molecule has 5 saturated carbocycles. The Hall–Kier alpha value is -2.39. The molecule has 1 amide bonds. The van der Waals surface area contributed by atoms with E-state index < -0.39 is 5.97 Å². The fraction of sp³-hybridized carbons (Fsp3) is 0.804. The molecule has 7 rings (SSSR count). The summed E-state index contributed by atoms with van der Waals surface area (Å²) in [4.78, 5) is 61.6. The van der Waals surface area contributed by atoms with E-state index in [0.717, 1.165) is 50.6 Å². The summed E-state index contributed by atoms with van der Waals surface area (Å²) in [7, 11) is 4.09. The van der Waals surface area contributed by atoms with Crippen molar-refractivity contribution in [2.24, 2.45) is 74.9 Å². The number of carboxylic acid groups (broad SMARTS) is 1. The summed E-state index contributed by atoms with van der Waals surface area (Å²) in [5, 5.41) is 12.0. The number of ketones is 2. The lowest BCUT2D eigenvalue weighted by Crippen LogP contribution is -2.62. The molecule has 0 aromatic carbocycles. The number of aromatic nitrogens is 1. The zero-order valence-corrected chi connectivity index (χ0v) is 36.1. The number of rotatable bonds is 12. The molecule has 0 aliphatic heterocycles. The zero-order chi connectivity index (χ0) is 39.8. The van der Waals surface area contributed by atoms with Gasteiger partial charge in [0.1, 0.15) is 5.78 Å². The minimum absolute atomic E-state index is 0.00493. The van der Waals surface area contributed by atoms with Crippen molar-refractivity contribution in [2.75, 3.05) is 33.7 Å². The second kappa shape index (κ2) is 14.8. The average Bonchev–Trinajstić information content (AvgIpc) is 3.74. The van der Waals surface area contributed by atoms with Crippen LogP contribution >= 0.6 is 11.3 Å². The van der Waals surface area contributed by atoms with Crippen LogP contribution in [-0.2, 0) is 14.4 Å². The number of nitrogens with zero attached hydrogens (tertiary/aromatic N) is 3. The molecule has 6 aliphatic carbocycles. The third-order valence-electron chi connectivity index (χ3n) is 17.5. The molecule has 1 heterocycles. The van der Waals surface area contributed by atoms with E-state index in [-0.39, 0.29) is 51.2 Å². The maximum Gasteiger partial charge on any atom is 0.306 e. The molecule has 0 spiro atoms. The predicted octanol–water partition coefficient (Wildman–Crippen LogP) is 9.06. The van der Waals surface area contributed by atoms with Gasteiger partial charge in [-0.05, 0) is 142 Å². The Bertz CT molecular complexity index is 1700. The van der Waals surface area contributed by atoms with Crippen molar-refractivity contribution in [1.29, 1.82) is 0 Å². The average molecular weight is 776 g/mol. The first-order chi connectivity index (χ1) is 25.9. The Morgan fingerprint density at radius 1 is 0.927 bits per heavy atom. The van der Waals surface area contributed by atoms with Gasteiger partial charge in [-0.2, -0.15) is 0 Å². The molecule has 6 aliphatic rings. The van der Waals surface area contributed by atoms with E-state index in [9.17, 15) is 24.3 Å². The van der Waals surface area contributed by atoms with Gasteiger partial charge in [0.05, 0.1) is 5.92 Å². The summed E-state index contributed by atoms with van der Waals surface area (Å²) in [6.07, 6.45) is 13.4. The first kappa shape index (κ1) is 40.8. The van der Waals surface area contributed by atoms with Crippen LogP contribution in [0.5, 0.6) is 0 Å². The number of amides is 1. The minimum atomic E-state index is -0.758. The summed E-state index contributed by atoms with van der Waals surface area (Å²) < 4.78 is 0. The van der Waals surface area contributed by atoms with Gasteiger partial charge in [0.25, 0.3) is 5.91 Å². The van der Waals surface area contributed by atoms with Crippen molar-refractivity contribution >= 4 is 34.8 Å². The number of carboxylic acids is 1. The Morgan fingerprint density at radius 2 is 1.65 bits per heavy atom. The number of fused-ring (bicyclic) bond motifs is 7. The highest BCUT2D eigenvalue weighted by molar-refractivity contribution is 7.11. The van der Waals surface area contributed by atoms with Gasteiger partial charge in [0, 0.05) is 55.4 Å². The Balaban J connectivity index is 1.11. The molecule has 0 bridgehead atoms. The number of carbonyl (C=O) groups excluding carboxylic acids is 3. The Kier molecular flexibility index (Phi) is 11.0. The maximum atomic E-state index is 14.1. The number of thiazole rings is 1. The molecular weight excluding hydrogens is 707 g/mol. The van der Waals surface area contributed by atoms with Gasteiger partial charge in [0.2, 0.25) is 0 Å². The van der Waals surface area contributed by atoms with Gasteiger partial charge in [0.15, 0.2) is 10.8 Å². The molecular formula is C46H69N3O5S. The van der Waals surface area contributed by atoms with E-state index in [4.69, 9.17) is 0 Å². The van der Waals surface area contributed by atoms with Gasteiger partial charge < -0.3 is 14.9 Å². The predicted molar refractivity (Wildman–Crippen MR) is 218 cm³/mol. The molecule has 0 radical (unpaired) electrons. The van der Waals surface area contributed by atoms with Crippen LogP contribution in [0.1, 0.15) is 135 Å². The molecule has 1 N–H and O–H groups in total. The lowest BCUT2D eigenvalue weighted by molar-refractivity contribution is -0.193. The van der Waals surface area contributed by atoms with E-state index >= 15 is 0 Å². The maximum absolute atomic E-state index is 14.1. The van der Waals surface area contributed by atoms with Crippen molar-refractivity contribution in [1.82, 2.24) is 14.8 Å². The van der Waals surface area contributed by atoms with E-state index in [2.05, 4.69) is 51.4 Å². The molecule has 0 saturated heterocycles. The largest absolute Gasteiger partial charge is 0.481 e. The Morgan fingerprint density at radius 3 is 2.29 bits per heavy atom. The van der Waals surface area contributed by atoms with Crippen LogP contribution in [0.2, 0.25) is 0 Å². The van der Waals surface area contributed by atoms with Crippen LogP contribution in [0.4, 0.5) is 0 Å². The highest BCUT2D eigenvalue weighted by atomic mass is 32.1. The van der Waals surface area contributed by atoms with Gasteiger partial charge in [-0.3, -0.25) is 19.2 Å². The smallest absolute Gasteiger partial charge is 0.306 e. The molecule has 1 aromatic rings. The molecule has 1 aromatic heterocycles. The second-order valence-corrected chi connectivity index (χ2v) is 21.8. The molecule has 11 atom stereocenters. The third kappa shape index (κ3) is 6.71. The monoisotopic (exact) mass is 775 g/mol.